The van der Waals surface area contributed by atoms with E-state index in [1.165, 1.54) is 0 Å². The molecule has 0 aromatic heterocycles. The van der Waals surface area contributed by atoms with Crippen LogP contribution < -0.4 is 8.79 Å². The number of benzene rings is 2. The van der Waals surface area contributed by atoms with Crippen LogP contribution in [0.1, 0.15) is 0 Å². The molecule has 0 spiro atoms. The van der Waals surface area contributed by atoms with Crippen LogP contribution in [0.15, 0.2) is 60.7 Å². The first-order valence-corrected chi connectivity index (χ1v) is 14.1. The van der Waals surface area contributed by atoms with E-state index in [-0.39, 0.29) is 0 Å². The van der Waals surface area contributed by atoms with Gasteiger partial charge in [0.15, 0.2) is 0 Å². The van der Waals surface area contributed by atoms with Crippen molar-refractivity contribution in [1.29, 1.82) is 0 Å². The zero-order chi connectivity index (χ0) is 9.80. The minimum absolute atomic E-state index is 1.11. The molecule has 0 amide bonds. The van der Waals surface area contributed by atoms with Gasteiger partial charge in [-0.1, -0.05) is 0 Å². The number of rotatable bonds is 2. The van der Waals surface area contributed by atoms with E-state index in [1.807, 2.05) is 0 Å². The molecular weight excluding hydrogens is 308 g/mol. The molecule has 0 nitrogen and oxygen atoms in total. The maximum absolute atomic E-state index is 2.27. The Bertz CT molecular complexity index is 381. The van der Waals surface area contributed by atoms with Crippen molar-refractivity contribution in [2.45, 2.75) is 0 Å². The maximum atomic E-state index is 2.27. The number of hydrogen-bond donors (Lipinski definition) is 0. The van der Waals surface area contributed by atoms with E-state index < -0.39 is 9.98 Å². The Hall–Kier alpha value is -0.134. The predicted octanol–water partition coefficient (Wildman–Crippen LogP) is 1.34. The van der Waals surface area contributed by atoms with Gasteiger partial charge in [-0.15, -0.1) is 0 Å². The topological polar surface area (TPSA) is 0 Å². The van der Waals surface area contributed by atoms with Crippen molar-refractivity contribution in [3.05, 3.63) is 60.7 Å². The summed E-state index contributed by atoms with van der Waals surface area (Å²) in [5.41, 5.74) is 0. The normalized spacial score (nSPS) is 9.64. The molecule has 0 bridgehead atoms. The Morgan fingerprint density at radius 2 is 1.00 bits per heavy atom. The summed E-state index contributed by atoms with van der Waals surface area (Å²) in [6.07, 6.45) is 0. The molecule has 2 rings (SSSR count). The second kappa shape index (κ2) is 5.09. The van der Waals surface area contributed by atoms with Gasteiger partial charge in [-0.25, -0.2) is 0 Å². The average Bonchev–Trinajstić information content (AvgIpc) is 2.30. The van der Waals surface area contributed by atoms with Gasteiger partial charge in [0, 0.05) is 0 Å². The van der Waals surface area contributed by atoms with E-state index in [1.54, 1.807) is 30.4 Å². The van der Waals surface area contributed by atoms with Gasteiger partial charge < -0.3 is 0 Å². The fraction of sp³-hybridized carbons (Fsp3) is 0. The second-order valence-electron chi connectivity index (χ2n) is 3.11. The summed E-state index contributed by atoms with van der Waals surface area (Å²) in [5.74, 6) is 0. The van der Waals surface area contributed by atoms with Crippen molar-refractivity contribution in [2.75, 3.05) is 0 Å². The third kappa shape index (κ3) is 2.46. The van der Waals surface area contributed by atoms with Crippen LogP contribution in [0.3, 0.4) is 0 Å². The van der Waals surface area contributed by atoms with Gasteiger partial charge in [0.05, 0.1) is 0 Å². The van der Waals surface area contributed by atoms with Gasteiger partial charge >= 0.3 is 101 Å². The molecule has 0 aliphatic carbocycles. The van der Waals surface area contributed by atoms with Crippen LogP contribution >= 0.6 is 0 Å². The molecule has 0 aliphatic heterocycles. The summed E-state index contributed by atoms with van der Waals surface area (Å²) >= 11 is 1.71. The van der Waals surface area contributed by atoms with Gasteiger partial charge in [0.1, 0.15) is 0 Å². The van der Waals surface area contributed by atoms with Crippen molar-refractivity contribution >= 4 is 18.8 Å². The molecule has 0 atom stereocenters. The zero-order valence-corrected chi connectivity index (χ0v) is 12.3. The summed E-state index contributed by atoms with van der Waals surface area (Å²) in [4.78, 5) is 0. The first-order chi connectivity index (χ1) is 6.88. The molecule has 0 radical (unpaired) electrons. The molecule has 66 valence electrons. The van der Waals surface area contributed by atoms with Crippen LogP contribution in [0.2, 0.25) is 0 Å². The van der Waals surface area contributed by atoms with Crippen LogP contribution in [0.4, 0.5) is 0 Å². The standard InChI is InChI=1S/C12H10Ge.Zr/c1-3-7-11(8-4-1)13-12-9-5-2-6-10-12;/h1-10H;. The van der Waals surface area contributed by atoms with Crippen molar-refractivity contribution in [3.63, 3.8) is 0 Å². The Kier molecular flexibility index (Phi) is 3.78. The van der Waals surface area contributed by atoms with Gasteiger partial charge in [-0.05, 0) is 0 Å². The second-order valence-corrected chi connectivity index (χ2v) is 13.5. The van der Waals surface area contributed by atoms with E-state index >= 15 is 0 Å². The van der Waals surface area contributed by atoms with E-state index in [4.69, 9.17) is 0 Å². The molecule has 2 aromatic carbocycles. The Balaban J connectivity index is 2.35. The summed E-state index contributed by atoms with van der Waals surface area (Å²) in [6, 6.07) is 21.9. The molecule has 0 aliphatic rings. The van der Waals surface area contributed by atoms with Crippen LogP contribution in [0, 0.1) is 0 Å². The molecular formula is C12H10GeZr. The van der Waals surface area contributed by atoms with Gasteiger partial charge in [0.25, 0.3) is 0 Å². The summed E-state index contributed by atoms with van der Waals surface area (Å²) in [6.45, 7) is 0. The number of hydrogen-bond acceptors (Lipinski definition) is 0. The molecule has 0 heterocycles. The molecule has 2 heteroatoms. The van der Waals surface area contributed by atoms with Crippen molar-refractivity contribution in [1.82, 2.24) is 0 Å². The molecule has 0 saturated heterocycles. The molecule has 14 heavy (non-hydrogen) atoms. The molecule has 0 unspecified atom stereocenters. The van der Waals surface area contributed by atoms with Crippen LogP contribution in [-0.4, -0.2) is 9.98 Å². The van der Waals surface area contributed by atoms with E-state index in [0.29, 0.717) is 0 Å². The van der Waals surface area contributed by atoms with Crippen LogP contribution in [0.5, 0.6) is 0 Å². The summed E-state index contributed by atoms with van der Waals surface area (Å²) in [5, 5.41) is 0. The predicted molar refractivity (Wildman–Crippen MR) is 57.9 cm³/mol. The molecule has 0 fully saturated rings. The quantitative estimate of drug-likeness (QED) is 0.733. The Morgan fingerprint density at radius 3 is 1.36 bits per heavy atom. The van der Waals surface area contributed by atoms with Crippen LogP contribution in [-0.2, 0) is 21.6 Å². The minimum atomic E-state index is -1.11. The van der Waals surface area contributed by atoms with E-state index in [9.17, 15) is 0 Å². The van der Waals surface area contributed by atoms with E-state index in [2.05, 4.69) is 60.7 Å². The first-order valence-electron chi connectivity index (χ1n) is 4.57. The summed E-state index contributed by atoms with van der Waals surface area (Å²) in [7, 11) is -1.11. The van der Waals surface area contributed by atoms with Gasteiger partial charge in [0.2, 0.25) is 0 Å². The summed E-state index contributed by atoms with van der Waals surface area (Å²) < 4.78 is 3.16. The van der Waals surface area contributed by atoms with Gasteiger partial charge in [-0.3, -0.25) is 0 Å². The van der Waals surface area contributed by atoms with Crippen molar-refractivity contribution in [2.24, 2.45) is 0 Å². The molecule has 2 aromatic rings. The third-order valence-electron chi connectivity index (χ3n) is 2.12. The van der Waals surface area contributed by atoms with Crippen molar-refractivity contribution in [3.8, 4) is 0 Å². The van der Waals surface area contributed by atoms with Crippen molar-refractivity contribution < 1.29 is 21.6 Å². The van der Waals surface area contributed by atoms with Crippen LogP contribution in [0.25, 0.3) is 0 Å². The van der Waals surface area contributed by atoms with E-state index in [0.717, 1.165) is 0 Å². The Morgan fingerprint density at radius 1 is 0.643 bits per heavy atom. The zero-order valence-electron chi connectivity index (χ0n) is 7.77. The fourth-order valence-electron chi connectivity index (χ4n) is 1.38. The average molecular weight is 318 g/mol. The fourth-order valence-corrected chi connectivity index (χ4v) is 8.54. The molecule has 0 N–H and O–H groups in total. The Labute approximate surface area is 100 Å². The van der Waals surface area contributed by atoms with Gasteiger partial charge in [-0.2, -0.15) is 0 Å². The monoisotopic (exact) mass is 318 g/mol. The third-order valence-corrected chi connectivity index (χ3v) is 13.3. The molecule has 0 saturated carbocycles. The first kappa shape index (κ1) is 10.4. The SMILES string of the molecule is [Zr]=[Ge]([c]1ccccc1)[c]1ccccc1.